The average molecular weight is 294 g/mol. The van der Waals surface area contributed by atoms with Gasteiger partial charge in [0.25, 0.3) is 0 Å². The predicted molar refractivity (Wildman–Crippen MR) is 79.2 cm³/mol. The lowest BCUT2D eigenvalue weighted by Crippen LogP contribution is -2.27. The van der Waals surface area contributed by atoms with Gasteiger partial charge in [-0.1, -0.05) is 0 Å². The van der Waals surface area contributed by atoms with Gasteiger partial charge in [-0.25, -0.2) is 4.98 Å². The number of halogens is 2. The van der Waals surface area contributed by atoms with Crippen LogP contribution in [0.2, 0.25) is 0 Å². The van der Waals surface area contributed by atoms with E-state index in [0.29, 0.717) is 18.3 Å². The summed E-state index contributed by atoms with van der Waals surface area (Å²) in [7, 11) is 0. The van der Waals surface area contributed by atoms with Crippen LogP contribution >= 0.6 is 24.8 Å². The van der Waals surface area contributed by atoms with Crippen LogP contribution in [0.15, 0.2) is 12.3 Å². The maximum absolute atomic E-state index is 5.68. The van der Waals surface area contributed by atoms with E-state index in [1.165, 1.54) is 5.56 Å². The van der Waals surface area contributed by atoms with E-state index < -0.39 is 0 Å². The molecule has 0 amide bonds. The Hall–Kier alpha value is -0.710. The van der Waals surface area contributed by atoms with Crippen LogP contribution in [0, 0.1) is 0 Å². The molecular weight excluding hydrogens is 273 g/mol. The van der Waals surface area contributed by atoms with Crippen molar-refractivity contribution in [2.24, 2.45) is 0 Å². The number of rotatable bonds is 3. The molecule has 0 aliphatic carbocycles. The Kier molecular flexibility index (Phi) is 8.07. The summed E-state index contributed by atoms with van der Waals surface area (Å²) in [6, 6.07) is 1.83. The molecule has 2 rings (SSSR count). The Balaban J connectivity index is 0.00000144. The maximum atomic E-state index is 5.68. The van der Waals surface area contributed by atoms with Crippen LogP contribution in [0.4, 0.5) is 5.82 Å². The zero-order valence-corrected chi connectivity index (χ0v) is 12.1. The van der Waals surface area contributed by atoms with Gasteiger partial charge in [-0.2, -0.15) is 0 Å². The van der Waals surface area contributed by atoms with Gasteiger partial charge < -0.3 is 15.8 Å². The Morgan fingerprint density at radius 1 is 1.39 bits per heavy atom. The highest BCUT2D eigenvalue weighted by atomic mass is 35.5. The number of hydrogen-bond acceptors (Lipinski definition) is 4. The fourth-order valence-electron chi connectivity index (χ4n) is 2.18. The van der Waals surface area contributed by atoms with Crippen LogP contribution in [0.25, 0.3) is 0 Å². The zero-order valence-electron chi connectivity index (χ0n) is 10.5. The molecule has 3 N–H and O–H groups in total. The van der Waals surface area contributed by atoms with Gasteiger partial charge >= 0.3 is 0 Å². The van der Waals surface area contributed by atoms with Crippen LogP contribution in [0.5, 0.6) is 5.75 Å². The molecule has 0 unspecified atom stereocenters. The Bertz CT molecular complexity index is 357. The highest BCUT2D eigenvalue weighted by Crippen LogP contribution is 2.32. The molecule has 0 atom stereocenters. The number of aromatic nitrogens is 1. The molecule has 1 aromatic heterocycles. The lowest BCUT2D eigenvalue weighted by molar-refractivity contribution is 0.329. The van der Waals surface area contributed by atoms with E-state index in [1.54, 1.807) is 0 Å². The van der Waals surface area contributed by atoms with Gasteiger partial charge in [-0.15, -0.1) is 24.8 Å². The summed E-state index contributed by atoms with van der Waals surface area (Å²) < 4.78 is 5.63. The molecule has 6 heteroatoms. The Morgan fingerprint density at radius 3 is 2.67 bits per heavy atom. The van der Waals surface area contributed by atoms with Crippen molar-refractivity contribution in [3.8, 4) is 5.75 Å². The maximum Gasteiger partial charge on any atom is 0.127 e. The van der Waals surface area contributed by atoms with E-state index >= 15 is 0 Å². The van der Waals surface area contributed by atoms with Crippen molar-refractivity contribution in [2.75, 3.05) is 25.4 Å². The van der Waals surface area contributed by atoms with E-state index in [-0.39, 0.29) is 24.8 Å². The summed E-state index contributed by atoms with van der Waals surface area (Å²) in [5, 5.41) is 3.36. The molecule has 0 spiro atoms. The van der Waals surface area contributed by atoms with E-state index in [1.807, 2.05) is 19.2 Å². The average Bonchev–Trinajstić information content (AvgIpc) is 2.31. The molecule has 1 saturated heterocycles. The minimum Gasteiger partial charge on any atom is -0.493 e. The highest BCUT2D eigenvalue weighted by Gasteiger charge is 2.19. The Morgan fingerprint density at radius 2 is 2.06 bits per heavy atom. The van der Waals surface area contributed by atoms with Gasteiger partial charge in [-0.3, -0.25) is 0 Å². The van der Waals surface area contributed by atoms with Crippen LogP contribution in [-0.2, 0) is 0 Å². The lowest BCUT2D eigenvalue weighted by atomic mass is 9.91. The number of anilines is 1. The number of piperidine rings is 1. The monoisotopic (exact) mass is 293 g/mol. The van der Waals surface area contributed by atoms with Gasteiger partial charge in [0.1, 0.15) is 11.6 Å². The first-order chi connectivity index (χ1) is 7.81. The molecule has 1 aliphatic heterocycles. The summed E-state index contributed by atoms with van der Waals surface area (Å²) >= 11 is 0. The second-order valence-corrected chi connectivity index (χ2v) is 4.10. The molecule has 0 radical (unpaired) electrons. The smallest absolute Gasteiger partial charge is 0.127 e. The fourth-order valence-corrected chi connectivity index (χ4v) is 2.18. The first-order valence-electron chi connectivity index (χ1n) is 5.90. The summed E-state index contributed by atoms with van der Waals surface area (Å²) in [6.45, 7) is 4.80. The van der Waals surface area contributed by atoms with E-state index in [2.05, 4.69) is 10.3 Å². The number of ether oxygens (including phenoxy) is 1. The topological polar surface area (TPSA) is 60.2 Å². The summed E-state index contributed by atoms with van der Waals surface area (Å²) in [5.41, 5.74) is 6.89. The van der Waals surface area contributed by atoms with E-state index in [9.17, 15) is 0 Å². The van der Waals surface area contributed by atoms with Crippen LogP contribution < -0.4 is 15.8 Å². The quantitative estimate of drug-likeness (QED) is 0.898. The van der Waals surface area contributed by atoms with Crippen molar-refractivity contribution in [1.29, 1.82) is 0 Å². The van der Waals surface area contributed by atoms with E-state index in [0.717, 1.165) is 31.7 Å². The highest BCUT2D eigenvalue weighted by molar-refractivity contribution is 5.85. The third-order valence-electron chi connectivity index (χ3n) is 3.00. The third-order valence-corrected chi connectivity index (χ3v) is 3.00. The van der Waals surface area contributed by atoms with Gasteiger partial charge in [0.05, 0.1) is 6.61 Å². The van der Waals surface area contributed by atoms with Crippen LogP contribution in [-0.4, -0.2) is 24.7 Å². The first-order valence-corrected chi connectivity index (χ1v) is 5.90. The molecule has 0 saturated carbocycles. The minimum atomic E-state index is 0. The van der Waals surface area contributed by atoms with Gasteiger partial charge in [-0.05, 0) is 38.8 Å². The van der Waals surface area contributed by atoms with Crippen molar-refractivity contribution in [1.82, 2.24) is 10.3 Å². The van der Waals surface area contributed by atoms with Crippen molar-refractivity contribution < 1.29 is 4.74 Å². The molecule has 1 aliphatic rings. The van der Waals surface area contributed by atoms with Crippen molar-refractivity contribution in [3.05, 3.63) is 17.8 Å². The van der Waals surface area contributed by atoms with Gasteiger partial charge in [0.15, 0.2) is 0 Å². The van der Waals surface area contributed by atoms with Crippen molar-refractivity contribution >= 4 is 30.6 Å². The second-order valence-electron chi connectivity index (χ2n) is 4.10. The van der Waals surface area contributed by atoms with Crippen LogP contribution in [0.1, 0.15) is 31.2 Å². The molecule has 1 fully saturated rings. The SMILES string of the molecule is CCOc1cc(N)ncc1C1CCNCC1.Cl.Cl. The first kappa shape index (κ1) is 17.3. The number of hydrogen-bond donors (Lipinski definition) is 2. The molecule has 18 heavy (non-hydrogen) atoms. The Labute approximate surface area is 121 Å². The van der Waals surface area contributed by atoms with Crippen molar-refractivity contribution in [2.45, 2.75) is 25.7 Å². The molecule has 104 valence electrons. The largest absolute Gasteiger partial charge is 0.493 e. The number of pyridine rings is 1. The fraction of sp³-hybridized carbons (Fsp3) is 0.583. The van der Waals surface area contributed by atoms with Gasteiger partial charge in [0.2, 0.25) is 0 Å². The van der Waals surface area contributed by atoms with E-state index in [4.69, 9.17) is 10.5 Å². The minimum absolute atomic E-state index is 0. The second kappa shape index (κ2) is 8.40. The van der Waals surface area contributed by atoms with Gasteiger partial charge in [0, 0.05) is 17.8 Å². The number of nitrogens with two attached hydrogens (primary N) is 1. The number of nitrogen functional groups attached to an aromatic ring is 1. The lowest BCUT2D eigenvalue weighted by Gasteiger charge is -2.24. The zero-order chi connectivity index (χ0) is 11.4. The summed E-state index contributed by atoms with van der Waals surface area (Å²) in [6.07, 6.45) is 4.16. The normalized spacial score (nSPS) is 15.4. The molecular formula is C12H21Cl2N3O. The van der Waals surface area contributed by atoms with Crippen LogP contribution in [0.3, 0.4) is 0 Å². The summed E-state index contributed by atoms with van der Waals surface area (Å²) in [4.78, 5) is 4.17. The molecule has 1 aromatic rings. The molecule has 4 nitrogen and oxygen atoms in total. The van der Waals surface area contributed by atoms with Crippen molar-refractivity contribution in [3.63, 3.8) is 0 Å². The standard InChI is InChI=1S/C12H19N3O.2ClH/c1-2-16-11-7-12(13)15-8-10(11)9-3-5-14-6-4-9;;/h7-9,14H,2-6H2,1H3,(H2,13,15);2*1H. The molecule has 0 aromatic carbocycles. The molecule has 0 bridgehead atoms. The number of nitrogens with zero attached hydrogens (tertiary/aromatic N) is 1. The third kappa shape index (κ3) is 4.19. The molecule has 2 heterocycles. The predicted octanol–water partition coefficient (Wildman–Crippen LogP) is 2.37. The number of nitrogens with one attached hydrogen (secondary N) is 1. The summed E-state index contributed by atoms with van der Waals surface area (Å²) in [5.74, 6) is 1.99.